The van der Waals surface area contributed by atoms with Crippen LogP contribution in [0.2, 0.25) is 105 Å². The van der Waals surface area contributed by atoms with Crippen LogP contribution in [-0.4, -0.2) is 156 Å². The summed E-state index contributed by atoms with van der Waals surface area (Å²) in [5, 5.41) is 0. The molecule has 0 saturated carbocycles. The third-order valence-corrected chi connectivity index (χ3v) is 47.7. The molecule has 4 atom stereocenters. The van der Waals surface area contributed by atoms with Crippen LogP contribution in [0.25, 0.3) is 0 Å². The van der Waals surface area contributed by atoms with Crippen LogP contribution in [0, 0.1) is 0 Å². The zero-order valence-electron chi connectivity index (χ0n) is 32.7. The van der Waals surface area contributed by atoms with Gasteiger partial charge in [-0.05, 0) is 105 Å². The average molecular weight is 1040 g/mol. The predicted octanol–water partition coefficient (Wildman–Crippen LogP) is 1.50. The maximum absolute atomic E-state index is 7.05. The standard InChI is InChI=1S/C16H48O20Si17/c1-39(2)17-37-18-47(21-40(3)4)28-50(24-43(9)10)30-48(22-41(5)6)19-38-20-49(23-42(7)8)31-51(29-47,25-44(11)12)35-53(34-50,27-46(15)16)36-52(32-48,33-49)26-45(13)14/h1-16H3. The third-order valence-electron chi connectivity index (χ3n) is 5.30. The Balaban J connectivity index is 2.18. The molecule has 300 valence electrons. The summed E-state index contributed by atoms with van der Waals surface area (Å²) in [6.45, 7) is 30.3. The van der Waals surface area contributed by atoms with Crippen LogP contribution in [0.1, 0.15) is 0 Å². The van der Waals surface area contributed by atoms with Crippen molar-refractivity contribution in [1.82, 2.24) is 0 Å². The van der Waals surface area contributed by atoms with E-state index in [1.165, 1.54) is 0 Å². The molecule has 20 nitrogen and oxygen atoms in total. The van der Waals surface area contributed by atoms with E-state index in [9.17, 15) is 0 Å². The van der Waals surface area contributed by atoms with Gasteiger partial charge < -0.3 is 82.3 Å². The fourth-order valence-corrected chi connectivity index (χ4v) is 55.0. The average Bonchev–Trinajstić information content (AvgIpc) is 2.86. The van der Waals surface area contributed by atoms with Crippen molar-refractivity contribution in [3.63, 3.8) is 0 Å². The molecular weight excluding hydrogens is 990 g/mol. The molecule has 0 aromatic rings. The van der Waals surface area contributed by atoms with E-state index in [-0.39, 0.29) is 0 Å². The summed E-state index contributed by atoms with van der Waals surface area (Å²) in [4.78, 5) is 0. The van der Waals surface area contributed by atoms with Crippen LogP contribution in [0.15, 0.2) is 0 Å². The van der Waals surface area contributed by atoms with E-state index >= 15 is 0 Å². The second-order valence-electron chi connectivity index (χ2n) is 13.0. The van der Waals surface area contributed by atoms with Gasteiger partial charge in [0.1, 0.15) is 0 Å². The lowest BCUT2D eigenvalue weighted by atomic mass is 11.9. The Hall–Kier alpha value is 2.89. The lowest BCUT2D eigenvalue weighted by Crippen LogP contribution is -2.87. The molecule has 53 heavy (non-hydrogen) atoms. The summed E-state index contributed by atoms with van der Waals surface area (Å²) < 4.78 is 135. The van der Waals surface area contributed by atoms with Crippen molar-refractivity contribution in [2.24, 2.45) is 0 Å². The summed E-state index contributed by atoms with van der Waals surface area (Å²) in [6, 6.07) is 0. The molecule has 12 radical (unpaired) electrons. The van der Waals surface area contributed by atoms with Gasteiger partial charge in [-0.2, -0.15) is 0 Å². The lowest BCUT2D eigenvalue weighted by molar-refractivity contribution is -0.0935. The predicted molar refractivity (Wildman–Crippen MR) is 213 cm³/mol. The fourth-order valence-electron chi connectivity index (χ4n) is 4.28. The second kappa shape index (κ2) is 19.3. The summed E-state index contributed by atoms with van der Waals surface area (Å²) in [5.41, 5.74) is 0. The van der Waals surface area contributed by atoms with Crippen LogP contribution < -0.4 is 0 Å². The highest BCUT2D eigenvalue weighted by molar-refractivity contribution is 6.98. The highest BCUT2D eigenvalue weighted by Crippen LogP contribution is 2.46. The summed E-state index contributed by atoms with van der Waals surface area (Å²) in [6.07, 6.45) is 0. The Morgan fingerprint density at radius 1 is 0.340 bits per heavy atom. The SMILES string of the molecule is C[Si](C)O[Si]O[Si]1(O[Si](C)C)O[Si]2(O[Si](C)C)O[Si]3(O[Si](C)C)O[Si]O[Si]4(O[Si](C)C)O[Si](O[Si](C)C)(O1)O[Si](O[Si](C)C)(O2)O[Si](O[Si](C)C)(O3)O4. The molecule has 4 heterocycles. The van der Waals surface area contributed by atoms with Crippen LogP contribution in [0.4, 0.5) is 0 Å². The van der Waals surface area contributed by atoms with Crippen molar-refractivity contribution in [3.8, 4) is 0 Å². The number of hydrogen-bond acceptors (Lipinski definition) is 20. The molecule has 0 aliphatic carbocycles. The van der Waals surface area contributed by atoms with Crippen molar-refractivity contribution in [1.29, 1.82) is 0 Å². The highest BCUT2D eigenvalue weighted by atomic mass is 28.7. The molecule has 37 heteroatoms. The van der Waals surface area contributed by atoms with E-state index in [1.54, 1.807) is 0 Å². The van der Waals surface area contributed by atoms with Crippen molar-refractivity contribution in [2.75, 3.05) is 0 Å². The zero-order chi connectivity index (χ0) is 39.7. The zero-order valence-corrected chi connectivity index (χ0v) is 49.7. The van der Waals surface area contributed by atoms with Gasteiger partial charge in [0.2, 0.25) is 0 Å². The number of rotatable bonds is 18. The van der Waals surface area contributed by atoms with E-state index in [0.29, 0.717) is 0 Å². The van der Waals surface area contributed by atoms with Crippen molar-refractivity contribution >= 4 is 156 Å². The molecule has 0 amide bonds. The molecule has 4 aliphatic rings. The number of fused-ring (bicyclic) bond motifs is 4. The maximum atomic E-state index is 7.05. The lowest BCUT2D eigenvalue weighted by Gasteiger charge is -2.55. The molecule has 4 saturated heterocycles. The molecule has 0 spiro atoms. The Labute approximate surface area is 340 Å². The largest absolute Gasteiger partial charge is 0.651 e. The van der Waals surface area contributed by atoms with Gasteiger partial charge in [0.25, 0.3) is 0 Å². The first-order chi connectivity index (χ1) is 24.4. The highest BCUT2D eigenvalue weighted by Gasteiger charge is 2.86. The van der Waals surface area contributed by atoms with Gasteiger partial charge >= 0.3 is 83.3 Å². The first-order valence-electron chi connectivity index (χ1n) is 16.2. The van der Waals surface area contributed by atoms with Crippen molar-refractivity contribution in [2.45, 2.75) is 105 Å². The van der Waals surface area contributed by atoms with E-state index in [4.69, 9.17) is 82.3 Å². The van der Waals surface area contributed by atoms with E-state index in [2.05, 4.69) is 0 Å². The van der Waals surface area contributed by atoms with Crippen LogP contribution in [-0.2, 0) is 82.3 Å². The third kappa shape index (κ3) is 13.4. The summed E-state index contributed by atoms with van der Waals surface area (Å²) >= 11 is 0. The molecular formula is C16H48O20Si17. The van der Waals surface area contributed by atoms with Gasteiger partial charge in [0.15, 0.2) is 72.3 Å². The van der Waals surface area contributed by atoms with E-state index in [1.807, 2.05) is 105 Å². The minimum absolute atomic E-state index is 0.599. The minimum atomic E-state index is -4.86. The van der Waals surface area contributed by atoms with Gasteiger partial charge in [-0.25, -0.2) is 0 Å². The molecule has 4 fully saturated rings. The van der Waals surface area contributed by atoms with Crippen molar-refractivity contribution < 1.29 is 82.3 Å². The Morgan fingerprint density at radius 2 is 0.604 bits per heavy atom. The van der Waals surface area contributed by atoms with E-state index in [0.717, 1.165) is 0 Å². The Morgan fingerprint density at radius 3 is 0.887 bits per heavy atom. The second-order valence-corrected chi connectivity index (χ2v) is 51.2. The summed E-state index contributed by atoms with van der Waals surface area (Å²) in [7, 11) is -48.1. The molecule has 6 bridgehead atoms. The smallest absolute Gasteiger partial charge is 0.435 e. The monoisotopic (exact) mass is 1040 g/mol. The molecule has 4 unspecified atom stereocenters. The Kier molecular flexibility index (Phi) is 17.7. The first kappa shape index (κ1) is 48.6. The maximum Gasteiger partial charge on any atom is 0.651 e. The summed E-state index contributed by atoms with van der Waals surface area (Å²) in [5.74, 6) is 0. The first-order valence-corrected chi connectivity index (χ1v) is 48.5. The molecule has 4 rings (SSSR count). The quantitative estimate of drug-likeness (QED) is 0.180. The Bertz CT molecular complexity index is 1140. The normalized spacial score (nSPS) is 38.0. The van der Waals surface area contributed by atoms with E-state index < -0.39 is 156 Å². The molecule has 0 N–H and O–H groups in total. The van der Waals surface area contributed by atoms with Gasteiger partial charge in [0, 0.05) is 0 Å². The van der Waals surface area contributed by atoms with Crippen LogP contribution in [0.5, 0.6) is 0 Å². The van der Waals surface area contributed by atoms with Crippen LogP contribution >= 0.6 is 0 Å². The molecule has 0 aromatic heterocycles. The van der Waals surface area contributed by atoms with Gasteiger partial charge in [-0.3, -0.25) is 0 Å². The fraction of sp³-hybridized carbons (Fsp3) is 1.00. The van der Waals surface area contributed by atoms with Gasteiger partial charge in [0.05, 0.1) is 0 Å². The van der Waals surface area contributed by atoms with Crippen molar-refractivity contribution in [3.05, 3.63) is 0 Å². The van der Waals surface area contributed by atoms with Crippen LogP contribution in [0.3, 0.4) is 0 Å². The van der Waals surface area contributed by atoms with Gasteiger partial charge in [-0.1, -0.05) is 0 Å². The minimum Gasteiger partial charge on any atom is -0.435 e. The topological polar surface area (TPSA) is 185 Å². The number of hydrogen-bond donors (Lipinski definition) is 0. The molecule has 4 aliphatic heterocycles. The van der Waals surface area contributed by atoms with Gasteiger partial charge in [-0.15, -0.1) is 0 Å². The molecule has 0 aromatic carbocycles.